The molecule has 3 aliphatic rings. The van der Waals surface area contributed by atoms with E-state index in [9.17, 15) is 5.11 Å². The second kappa shape index (κ2) is 10.9. The summed E-state index contributed by atoms with van der Waals surface area (Å²) in [5.74, 6) is 4.07. The van der Waals surface area contributed by atoms with Gasteiger partial charge in [-0.3, -0.25) is 0 Å². The predicted molar refractivity (Wildman–Crippen MR) is 152 cm³/mol. The first-order valence-corrected chi connectivity index (χ1v) is 14.6. The van der Waals surface area contributed by atoms with Crippen molar-refractivity contribution in [3.63, 3.8) is 0 Å². The number of hydrogen-bond acceptors (Lipinski definition) is 2. The maximum Gasteiger partial charge on any atom is 0.119 e. The molecule has 0 radical (unpaired) electrons. The molecule has 3 saturated carbocycles. The van der Waals surface area contributed by atoms with Crippen LogP contribution in [-0.4, -0.2) is 11.7 Å². The highest BCUT2D eigenvalue weighted by Gasteiger charge is 2.50. The molecule has 1 N–H and O–H groups in total. The van der Waals surface area contributed by atoms with Gasteiger partial charge in [0, 0.05) is 0 Å². The minimum absolute atomic E-state index is 0.375. The van der Waals surface area contributed by atoms with Crippen LogP contribution in [0, 0.1) is 35.0 Å². The third kappa shape index (κ3) is 5.69. The first kappa shape index (κ1) is 27.2. The summed E-state index contributed by atoms with van der Waals surface area (Å²) in [4.78, 5) is 0. The van der Waals surface area contributed by atoms with Crippen molar-refractivity contribution >= 4 is 0 Å². The summed E-state index contributed by atoms with van der Waals surface area (Å²) in [6.07, 6.45) is 15.2. The topological polar surface area (TPSA) is 29.5 Å². The molecular weight excluding hydrogens is 440 g/mol. The first-order valence-electron chi connectivity index (χ1n) is 14.6. The molecule has 2 nitrogen and oxygen atoms in total. The van der Waals surface area contributed by atoms with Crippen LogP contribution in [0.25, 0.3) is 0 Å². The monoisotopic (exact) mass is 490 g/mol. The smallest absolute Gasteiger partial charge is 0.119 e. The molecule has 6 unspecified atom stereocenters. The summed E-state index contributed by atoms with van der Waals surface area (Å²) in [5, 5.41) is 10.4. The van der Waals surface area contributed by atoms with Gasteiger partial charge in [-0.2, -0.15) is 0 Å². The largest absolute Gasteiger partial charge is 0.493 e. The third-order valence-electron chi connectivity index (χ3n) is 10.0. The standard InChI is InChI=1S/C34H50O2/c1-8-27-20-26(19-23(2)25(27)4)14-15-28-11-10-18-34(7)31(16-17-32(28)34)24(3)22-36-30-13-9-12-29(21-30)33(5,6)35/h9,12-15,21,23-24,27,31-32,35H,4,8,10-11,16-20,22H2,1-3,5-7H3. The Labute approximate surface area is 220 Å². The number of ether oxygens (including phenoxy) is 1. The molecule has 2 heteroatoms. The third-order valence-corrected chi connectivity index (χ3v) is 10.0. The molecule has 6 atom stereocenters. The summed E-state index contributed by atoms with van der Waals surface area (Å²) in [5.41, 5.74) is 5.23. The Balaban J connectivity index is 1.43. The van der Waals surface area contributed by atoms with E-state index in [0.29, 0.717) is 35.0 Å². The summed E-state index contributed by atoms with van der Waals surface area (Å²) < 4.78 is 6.29. The van der Waals surface area contributed by atoms with Gasteiger partial charge in [0.25, 0.3) is 0 Å². The van der Waals surface area contributed by atoms with E-state index in [1.165, 1.54) is 56.9 Å². The molecule has 0 saturated heterocycles. The number of hydrogen-bond donors (Lipinski definition) is 1. The van der Waals surface area contributed by atoms with Gasteiger partial charge >= 0.3 is 0 Å². The van der Waals surface area contributed by atoms with Crippen LogP contribution >= 0.6 is 0 Å². The van der Waals surface area contributed by atoms with Gasteiger partial charge in [0.2, 0.25) is 0 Å². The molecule has 0 amide bonds. The van der Waals surface area contributed by atoms with E-state index >= 15 is 0 Å². The Bertz CT molecular complexity index is 993. The zero-order valence-corrected chi connectivity index (χ0v) is 23.8. The van der Waals surface area contributed by atoms with Crippen LogP contribution in [0.3, 0.4) is 0 Å². The van der Waals surface area contributed by atoms with Crippen LogP contribution in [0.1, 0.15) is 98.5 Å². The van der Waals surface area contributed by atoms with Crippen molar-refractivity contribution in [1.29, 1.82) is 0 Å². The number of aliphatic hydroxyl groups is 1. The van der Waals surface area contributed by atoms with Gasteiger partial charge in [-0.25, -0.2) is 0 Å². The molecule has 0 spiro atoms. The Morgan fingerprint density at radius 1 is 1.22 bits per heavy atom. The lowest BCUT2D eigenvalue weighted by Crippen LogP contribution is -2.37. The maximum atomic E-state index is 10.4. The van der Waals surface area contributed by atoms with E-state index < -0.39 is 5.60 Å². The molecule has 3 aliphatic carbocycles. The second-order valence-electron chi connectivity index (χ2n) is 13.0. The molecule has 0 bridgehead atoms. The second-order valence-corrected chi connectivity index (χ2v) is 13.0. The van der Waals surface area contributed by atoms with Crippen LogP contribution in [0.15, 0.2) is 59.7 Å². The number of rotatable bonds is 7. The van der Waals surface area contributed by atoms with Crippen molar-refractivity contribution in [2.45, 2.75) is 98.5 Å². The molecular formula is C34H50O2. The lowest BCUT2D eigenvalue weighted by molar-refractivity contribution is 0.0727. The molecule has 0 aromatic heterocycles. The van der Waals surface area contributed by atoms with E-state index in [1.807, 2.05) is 38.1 Å². The average Bonchev–Trinajstić information content (AvgIpc) is 3.20. The minimum Gasteiger partial charge on any atom is -0.493 e. The highest BCUT2D eigenvalue weighted by Crippen LogP contribution is 2.59. The summed E-state index contributed by atoms with van der Waals surface area (Å²) >= 11 is 0. The quantitative estimate of drug-likeness (QED) is 0.386. The van der Waals surface area contributed by atoms with Crippen LogP contribution < -0.4 is 4.74 Å². The molecule has 1 aromatic carbocycles. The van der Waals surface area contributed by atoms with Gasteiger partial charge in [0.15, 0.2) is 0 Å². The Kier molecular flexibility index (Phi) is 8.25. The molecule has 0 aliphatic heterocycles. The minimum atomic E-state index is -0.849. The van der Waals surface area contributed by atoms with E-state index in [2.05, 4.69) is 46.4 Å². The SMILES string of the molecule is C=C1C(C)CC(=CC=C2CCCC3(C)C2CCC3C(C)COc2cccc(C(C)(C)O)c2)CC1CC. The van der Waals surface area contributed by atoms with E-state index in [0.717, 1.165) is 17.9 Å². The van der Waals surface area contributed by atoms with E-state index in [-0.39, 0.29) is 0 Å². The van der Waals surface area contributed by atoms with Crippen molar-refractivity contribution < 1.29 is 9.84 Å². The predicted octanol–water partition coefficient (Wildman–Crippen LogP) is 9.01. The van der Waals surface area contributed by atoms with Crippen LogP contribution in [0.4, 0.5) is 0 Å². The molecule has 0 heterocycles. The number of allylic oxidation sites excluding steroid dienone is 5. The summed E-state index contributed by atoms with van der Waals surface area (Å²) in [6.45, 7) is 18.4. The molecule has 36 heavy (non-hydrogen) atoms. The zero-order chi connectivity index (χ0) is 26.1. The zero-order valence-electron chi connectivity index (χ0n) is 23.8. The molecule has 4 rings (SSSR count). The highest BCUT2D eigenvalue weighted by atomic mass is 16.5. The summed E-state index contributed by atoms with van der Waals surface area (Å²) in [7, 11) is 0. The molecule has 198 valence electrons. The van der Waals surface area contributed by atoms with Crippen molar-refractivity contribution in [2.24, 2.45) is 35.0 Å². The van der Waals surface area contributed by atoms with E-state index in [1.54, 1.807) is 11.1 Å². The van der Waals surface area contributed by atoms with Gasteiger partial charge in [0.1, 0.15) is 5.75 Å². The highest BCUT2D eigenvalue weighted by molar-refractivity contribution is 5.32. The van der Waals surface area contributed by atoms with Crippen molar-refractivity contribution in [3.8, 4) is 5.75 Å². The fourth-order valence-electron chi connectivity index (χ4n) is 7.75. The normalized spacial score (nSPS) is 34.1. The Hall–Kier alpha value is -1.80. The van der Waals surface area contributed by atoms with E-state index in [4.69, 9.17) is 4.74 Å². The van der Waals surface area contributed by atoms with Gasteiger partial charge in [-0.1, -0.05) is 75.3 Å². The van der Waals surface area contributed by atoms with Crippen molar-refractivity contribution in [3.05, 3.63) is 65.3 Å². The maximum absolute atomic E-state index is 10.4. The van der Waals surface area contributed by atoms with Crippen LogP contribution in [0.5, 0.6) is 5.75 Å². The fraction of sp³-hybridized carbons (Fsp3) is 0.647. The van der Waals surface area contributed by atoms with Crippen LogP contribution in [0.2, 0.25) is 0 Å². The Morgan fingerprint density at radius 2 is 2.00 bits per heavy atom. The van der Waals surface area contributed by atoms with Gasteiger partial charge in [-0.05, 0) is 118 Å². The van der Waals surface area contributed by atoms with Crippen molar-refractivity contribution in [1.82, 2.24) is 0 Å². The summed E-state index contributed by atoms with van der Waals surface area (Å²) in [6, 6.07) is 7.96. The van der Waals surface area contributed by atoms with Crippen molar-refractivity contribution in [2.75, 3.05) is 6.61 Å². The molecule has 1 aromatic rings. The van der Waals surface area contributed by atoms with Gasteiger partial charge < -0.3 is 9.84 Å². The van der Waals surface area contributed by atoms with Crippen LogP contribution in [-0.2, 0) is 5.60 Å². The number of fused-ring (bicyclic) bond motifs is 1. The van der Waals surface area contributed by atoms with Gasteiger partial charge in [0.05, 0.1) is 12.2 Å². The lowest BCUT2D eigenvalue weighted by Gasteiger charge is -2.44. The Morgan fingerprint density at radius 3 is 2.72 bits per heavy atom. The lowest BCUT2D eigenvalue weighted by atomic mass is 9.61. The number of benzene rings is 1. The fourth-order valence-corrected chi connectivity index (χ4v) is 7.75. The average molecular weight is 491 g/mol. The first-order chi connectivity index (χ1) is 17.0. The molecule has 3 fully saturated rings. The van der Waals surface area contributed by atoms with Gasteiger partial charge in [-0.15, -0.1) is 0 Å².